The van der Waals surface area contributed by atoms with Gasteiger partial charge in [-0.15, -0.1) is 0 Å². The van der Waals surface area contributed by atoms with Crippen LogP contribution < -0.4 is 11.3 Å². The molecule has 2 rings (SSSR count). The molecule has 3 nitrogen and oxygen atoms in total. The average Bonchev–Trinajstić information content (AvgIpc) is 2.78. The van der Waals surface area contributed by atoms with E-state index in [2.05, 4.69) is 21.4 Å². The number of benzene rings is 1. The van der Waals surface area contributed by atoms with Gasteiger partial charge >= 0.3 is 0 Å². The molecule has 0 spiro atoms. The molecule has 88 valence electrons. The predicted octanol–water partition coefficient (Wildman–Crippen LogP) is 2.64. The first-order valence-corrected chi connectivity index (χ1v) is 6.38. The minimum absolute atomic E-state index is 0.105. The fourth-order valence-corrected chi connectivity index (χ4v) is 2.46. The lowest BCUT2D eigenvalue weighted by atomic mass is 9.93. The second kappa shape index (κ2) is 5.47. The van der Waals surface area contributed by atoms with Crippen molar-refractivity contribution in [3.63, 3.8) is 0 Å². The summed E-state index contributed by atoms with van der Waals surface area (Å²) in [6.45, 7) is 1.57. The Kier molecular flexibility index (Phi) is 4.21. The van der Waals surface area contributed by atoms with Crippen molar-refractivity contribution in [1.82, 2.24) is 5.43 Å². The molecule has 0 aliphatic carbocycles. The molecule has 0 saturated carbocycles. The van der Waals surface area contributed by atoms with Gasteiger partial charge in [0.2, 0.25) is 0 Å². The highest BCUT2D eigenvalue weighted by Crippen LogP contribution is 2.32. The van der Waals surface area contributed by atoms with Gasteiger partial charge in [0.15, 0.2) is 0 Å². The third-order valence-corrected chi connectivity index (χ3v) is 4.15. The Labute approximate surface area is 108 Å². The van der Waals surface area contributed by atoms with Crippen LogP contribution in [0, 0.1) is 5.92 Å². The predicted molar refractivity (Wildman–Crippen MR) is 68.1 cm³/mol. The summed E-state index contributed by atoms with van der Waals surface area (Å²) >= 11 is 9.45. The van der Waals surface area contributed by atoms with E-state index in [0.717, 1.165) is 29.7 Å². The first kappa shape index (κ1) is 12.3. The minimum atomic E-state index is 0.105. The highest BCUT2D eigenvalue weighted by molar-refractivity contribution is 9.10. The largest absolute Gasteiger partial charge is 0.381 e. The number of nitrogens with one attached hydrogen (secondary N) is 1. The van der Waals surface area contributed by atoms with Gasteiger partial charge in [0.1, 0.15) is 0 Å². The van der Waals surface area contributed by atoms with Crippen molar-refractivity contribution in [3.8, 4) is 0 Å². The maximum Gasteiger partial charge on any atom is 0.0551 e. The molecule has 1 aliphatic heterocycles. The number of hydrogen-bond donors (Lipinski definition) is 2. The van der Waals surface area contributed by atoms with Crippen LogP contribution in [0.1, 0.15) is 18.0 Å². The van der Waals surface area contributed by atoms with Crippen LogP contribution in [0.25, 0.3) is 0 Å². The van der Waals surface area contributed by atoms with Gasteiger partial charge in [-0.1, -0.05) is 17.7 Å². The van der Waals surface area contributed by atoms with E-state index >= 15 is 0 Å². The fourth-order valence-electron chi connectivity index (χ4n) is 2.03. The number of hydrogen-bond acceptors (Lipinski definition) is 3. The molecule has 1 aromatic carbocycles. The number of nitrogens with two attached hydrogens (primary N) is 1. The number of halogens is 2. The van der Waals surface area contributed by atoms with Gasteiger partial charge in [-0.25, -0.2) is 0 Å². The zero-order valence-electron chi connectivity index (χ0n) is 8.75. The zero-order chi connectivity index (χ0) is 11.5. The van der Waals surface area contributed by atoms with Crippen molar-refractivity contribution in [1.29, 1.82) is 0 Å². The Hall–Kier alpha value is -0.130. The molecule has 0 amide bonds. The second-order valence-corrected chi connectivity index (χ2v) is 5.20. The molecule has 2 unspecified atom stereocenters. The summed E-state index contributed by atoms with van der Waals surface area (Å²) in [5, 5.41) is 0.705. The van der Waals surface area contributed by atoms with E-state index in [1.807, 2.05) is 18.2 Å². The van der Waals surface area contributed by atoms with Gasteiger partial charge < -0.3 is 4.74 Å². The third-order valence-electron chi connectivity index (χ3n) is 2.92. The Bertz CT molecular complexity index is 369. The lowest BCUT2D eigenvalue weighted by Gasteiger charge is -2.22. The van der Waals surface area contributed by atoms with Crippen LogP contribution in [0.3, 0.4) is 0 Å². The average molecular weight is 306 g/mol. The minimum Gasteiger partial charge on any atom is -0.381 e. The topological polar surface area (TPSA) is 47.3 Å². The first-order valence-electron chi connectivity index (χ1n) is 5.21. The molecule has 2 atom stereocenters. The van der Waals surface area contributed by atoms with E-state index in [1.54, 1.807) is 0 Å². The Morgan fingerprint density at radius 1 is 1.56 bits per heavy atom. The van der Waals surface area contributed by atoms with E-state index in [4.69, 9.17) is 22.2 Å². The van der Waals surface area contributed by atoms with Crippen molar-refractivity contribution in [3.05, 3.63) is 33.3 Å². The molecular formula is C11H14BrClN2O. The molecule has 3 N–H and O–H groups in total. The van der Waals surface area contributed by atoms with Gasteiger partial charge in [0.05, 0.1) is 17.7 Å². The van der Waals surface area contributed by atoms with Crippen molar-refractivity contribution >= 4 is 27.5 Å². The molecular weight excluding hydrogens is 291 g/mol. The molecule has 1 fully saturated rings. The van der Waals surface area contributed by atoms with E-state index in [0.29, 0.717) is 10.9 Å². The number of hydrazine groups is 1. The van der Waals surface area contributed by atoms with Crippen LogP contribution in [0.4, 0.5) is 0 Å². The summed E-state index contributed by atoms with van der Waals surface area (Å²) in [5.74, 6) is 6.03. The summed E-state index contributed by atoms with van der Waals surface area (Å²) in [4.78, 5) is 0. The van der Waals surface area contributed by atoms with E-state index in [1.165, 1.54) is 0 Å². The first-order chi connectivity index (χ1) is 7.72. The quantitative estimate of drug-likeness (QED) is 0.667. The number of rotatable bonds is 3. The summed E-state index contributed by atoms with van der Waals surface area (Å²) in [6.07, 6.45) is 1.03. The van der Waals surface area contributed by atoms with Crippen LogP contribution >= 0.6 is 27.5 Å². The number of ether oxygens (including phenoxy) is 1. The Balaban J connectivity index is 2.22. The van der Waals surface area contributed by atoms with E-state index in [-0.39, 0.29) is 6.04 Å². The van der Waals surface area contributed by atoms with Crippen molar-refractivity contribution in [2.24, 2.45) is 11.8 Å². The monoisotopic (exact) mass is 304 g/mol. The van der Waals surface area contributed by atoms with E-state index in [9.17, 15) is 0 Å². The Morgan fingerprint density at radius 2 is 2.38 bits per heavy atom. The summed E-state index contributed by atoms with van der Waals surface area (Å²) in [6, 6.07) is 6.01. The third kappa shape index (κ3) is 2.57. The molecule has 16 heavy (non-hydrogen) atoms. The highest BCUT2D eigenvalue weighted by Gasteiger charge is 2.26. The van der Waals surface area contributed by atoms with Crippen molar-refractivity contribution in [2.45, 2.75) is 12.5 Å². The van der Waals surface area contributed by atoms with Gasteiger partial charge in [-0.05, 0) is 40.0 Å². The molecule has 0 aromatic heterocycles. The van der Waals surface area contributed by atoms with Gasteiger partial charge in [0.25, 0.3) is 0 Å². The Morgan fingerprint density at radius 3 is 2.94 bits per heavy atom. The standard InChI is InChI=1S/C11H14BrClN2O/c12-9-2-1-7(5-10(9)13)11(15-14)8-3-4-16-6-8/h1-2,5,8,11,15H,3-4,6,14H2. The molecule has 1 aliphatic rings. The fraction of sp³-hybridized carbons (Fsp3) is 0.455. The van der Waals surface area contributed by atoms with Crippen LogP contribution in [0.5, 0.6) is 0 Å². The van der Waals surface area contributed by atoms with E-state index < -0.39 is 0 Å². The lowest BCUT2D eigenvalue weighted by molar-refractivity contribution is 0.177. The molecule has 1 heterocycles. The van der Waals surface area contributed by atoms with Crippen LogP contribution in [0.15, 0.2) is 22.7 Å². The van der Waals surface area contributed by atoms with Crippen molar-refractivity contribution in [2.75, 3.05) is 13.2 Å². The lowest BCUT2D eigenvalue weighted by Crippen LogP contribution is -2.33. The summed E-state index contributed by atoms with van der Waals surface area (Å²) in [7, 11) is 0. The smallest absolute Gasteiger partial charge is 0.0551 e. The second-order valence-electron chi connectivity index (χ2n) is 3.94. The van der Waals surface area contributed by atoms with Crippen LogP contribution in [0.2, 0.25) is 5.02 Å². The highest BCUT2D eigenvalue weighted by atomic mass is 79.9. The SMILES string of the molecule is NNC(c1ccc(Br)c(Cl)c1)C1CCOC1. The van der Waals surface area contributed by atoms with Crippen LogP contribution in [-0.4, -0.2) is 13.2 Å². The van der Waals surface area contributed by atoms with Gasteiger partial charge in [-0.2, -0.15) is 0 Å². The summed E-state index contributed by atoms with van der Waals surface area (Å²) < 4.78 is 6.28. The molecule has 0 bridgehead atoms. The van der Waals surface area contributed by atoms with Crippen molar-refractivity contribution < 1.29 is 4.74 Å². The maximum atomic E-state index is 6.07. The maximum absolute atomic E-state index is 6.07. The summed E-state index contributed by atoms with van der Waals surface area (Å²) in [5.41, 5.74) is 3.96. The molecule has 0 radical (unpaired) electrons. The van der Waals surface area contributed by atoms with Crippen LogP contribution in [-0.2, 0) is 4.74 Å². The molecule has 5 heteroatoms. The molecule has 1 saturated heterocycles. The zero-order valence-corrected chi connectivity index (χ0v) is 11.1. The normalized spacial score (nSPS) is 22.3. The molecule has 1 aromatic rings. The van der Waals surface area contributed by atoms with Gasteiger partial charge in [-0.3, -0.25) is 11.3 Å². The van der Waals surface area contributed by atoms with Gasteiger partial charge in [0, 0.05) is 17.0 Å².